The van der Waals surface area contributed by atoms with Gasteiger partial charge in [0.15, 0.2) is 0 Å². The lowest BCUT2D eigenvalue weighted by molar-refractivity contribution is 0.471. The minimum absolute atomic E-state index is 0.0636. The van der Waals surface area contributed by atoms with Gasteiger partial charge in [-0.25, -0.2) is 0 Å². The molecule has 0 fully saturated rings. The summed E-state index contributed by atoms with van der Waals surface area (Å²) in [5.74, 6) is 0.217. The third-order valence-corrected chi connectivity index (χ3v) is 4.89. The average Bonchev–Trinajstić information content (AvgIpc) is 2.98. The van der Waals surface area contributed by atoms with Gasteiger partial charge in [-0.3, -0.25) is 14.2 Å². The molecule has 0 atom stereocenters. The molecule has 0 aliphatic heterocycles. The Hall–Kier alpha value is -3.40. The number of aromatic hydroxyl groups is 1. The second-order valence-corrected chi connectivity index (χ2v) is 6.19. The smallest absolute Gasteiger partial charge is 0.263 e. The maximum atomic E-state index is 13.2. The van der Waals surface area contributed by atoms with E-state index >= 15 is 0 Å². The van der Waals surface area contributed by atoms with E-state index in [1.807, 2.05) is 30.3 Å². The zero-order chi connectivity index (χ0) is 17.1. The number of aromatic nitrogens is 2. The first kappa shape index (κ1) is 14.0. The SMILES string of the molecule is C=CCc1c(O)ccc2c1c1ccnc3c4ccccc4c(=O)n2c13. The van der Waals surface area contributed by atoms with Crippen LogP contribution in [0.4, 0.5) is 0 Å². The third-order valence-electron chi connectivity index (χ3n) is 4.89. The highest BCUT2D eigenvalue weighted by molar-refractivity contribution is 6.19. The maximum absolute atomic E-state index is 13.2. The molecular formula is C21H14N2O2. The highest BCUT2D eigenvalue weighted by Crippen LogP contribution is 2.37. The largest absolute Gasteiger partial charge is 0.508 e. The van der Waals surface area contributed by atoms with Crippen LogP contribution < -0.4 is 5.56 Å². The molecule has 120 valence electrons. The fourth-order valence-electron chi connectivity index (χ4n) is 3.87. The monoisotopic (exact) mass is 326 g/mol. The van der Waals surface area contributed by atoms with Crippen molar-refractivity contribution in [2.75, 3.05) is 0 Å². The minimum atomic E-state index is -0.0636. The Morgan fingerprint density at radius 1 is 1.08 bits per heavy atom. The topological polar surface area (TPSA) is 54.6 Å². The fraction of sp³-hybridized carbons (Fsp3) is 0.0476. The summed E-state index contributed by atoms with van der Waals surface area (Å²) >= 11 is 0. The molecule has 2 aromatic carbocycles. The van der Waals surface area contributed by atoms with E-state index in [0.717, 1.165) is 38.3 Å². The van der Waals surface area contributed by atoms with Gasteiger partial charge in [-0.05, 0) is 30.7 Å². The molecule has 1 N–H and O–H groups in total. The number of pyridine rings is 2. The Bertz CT molecular complexity index is 1370. The zero-order valence-electron chi connectivity index (χ0n) is 13.4. The fourth-order valence-corrected chi connectivity index (χ4v) is 3.87. The maximum Gasteiger partial charge on any atom is 0.263 e. The van der Waals surface area contributed by atoms with Crippen LogP contribution in [0.5, 0.6) is 5.75 Å². The van der Waals surface area contributed by atoms with Gasteiger partial charge in [0.2, 0.25) is 0 Å². The quantitative estimate of drug-likeness (QED) is 0.394. The van der Waals surface area contributed by atoms with Crippen molar-refractivity contribution >= 4 is 38.1 Å². The number of phenolic OH excluding ortho intramolecular Hbond substituents is 1. The van der Waals surface area contributed by atoms with Crippen LogP contribution in [-0.2, 0) is 6.42 Å². The molecule has 4 heteroatoms. The Labute approximate surface area is 142 Å². The molecule has 0 saturated heterocycles. The number of fused-ring (bicyclic) bond motifs is 5. The molecule has 5 aromatic rings. The highest BCUT2D eigenvalue weighted by Gasteiger charge is 2.20. The second kappa shape index (κ2) is 4.80. The first-order valence-electron chi connectivity index (χ1n) is 8.11. The molecule has 0 aliphatic rings. The predicted octanol–water partition coefficient (Wildman–Crippen LogP) is 4.03. The molecule has 0 aliphatic carbocycles. The number of nitrogens with zero attached hydrogens (tertiary/aromatic N) is 2. The molecule has 0 spiro atoms. The average molecular weight is 326 g/mol. The number of phenols is 1. The standard InChI is InChI=1S/C21H14N2O2/c1-2-5-14-17(24)9-8-16-18(14)15-10-11-22-19-12-6-3-4-7-13(12)21(25)23(16)20(15)19/h2-4,6-11,24H,1,5H2. The van der Waals surface area contributed by atoms with Gasteiger partial charge in [-0.1, -0.05) is 24.3 Å². The summed E-state index contributed by atoms with van der Waals surface area (Å²) in [5, 5.41) is 13.7. The van der Waals surface area contributed by atoms with E-state index in [1.54, 1.807) is 28.8 Å². The molecule has 5 rings (SSSR count). The summed E-state index contributed by atoms with van der Waals surface area (Å²) in [5.41, 5.74) is 3.11. The molecule has 3 heterocycles. The van der Waals surface area contributed by atoms with Crippen LogP contribution in [0.15, 0.2) is 66.1 Å². The van der Waals surface area contributed by atoms with Crippen molar-refractivity contribution in [1.29, 1.82) is 0 Å². The van der Waals surface area contributed by atoms with Gasteiger partial charge < -0.3 is 5.11 Å². The number of hydrogen-bond acceptors (Lipinski definition) is 3. The number of benzene rings is 2. The summed E-state index contributed by atoms with van der Waals surface area (Å²) < 4.78 is 1.72. The van der Waals surface area contributed by atoms with Crippen LogP contribution in [0.2, 0.25) is 0 Å². The van der Waals surface area contributed by atoms with E-state index in [1.165, 1.54) is 0 Å². The zero-order valence-corrected chi connectivity index (χ0v) is 13.4. The van der Waals surface area contributed by atoms with Crippen LogP contribution in [0.3, 0.4) is 0 Å². The van der Waals surface area contributed by atoms with E-state index in [-0.39, 0.29) is 11.3 Å². The summed E-state index contributed by atoms with van der Waals surface area (Å²) in [7, 11) is 0. The Balaban J connectivity index is 2.21. The third kappa shape index (κ3) is 1.66. The molecule has 3 aromatic heterocycles. The van der Waals surface area contributed by atoms with E-state index in [4.69, 9.17) is 0 Å². The van der Waals surface area contributed by atoms with Crippen LogP contribution in [0, 0.1) is 0 Å². The van der Waals surface area contributed by atoms with Crippen molar-refractivity contribution < 1.29 is 5.11 Å². The van der Waals surface area contributed by atoms with Gasteiger partial charge >= 0.3 is 0 Å². The normalized spacial score (nSPS) is 11.8. The first-order valence-corrected chi connectivity index (χ1v) is 8.11. The van der Waals surface area contributed by atoms with Crippen LogP contribution in [0.25, 0.3) is 38.1 Å². The van der Waals surface area contributed by atoms with Crippen molar-refractivity contribution in [3.63, 3.8) is 0 Å². The van der Waals surface area contributed by atoms with Crippen molar-refractivity contribution in [3.05, 3.63) is 77.2 Å². The van der Waals surface area contributed by atoms with Crippen molar-refractivity contribution in [2.45, 2.75) is 6.42 Å². The lowest BCUT2D eigenvalue weighted by Crippen LogP contribution is -2.13. The molecule has 0 bridgehead atoms. The molecule has 0 saturated carbocycles. The van der Waals surface area contributed by atoms with E-state index < -0.39 is 0 Å². The Kier molecular flexibility index (Phi) is 2.69. The van der Waals surface area contributed by atoms with Gasteiger partial charge in [0.25, 0.3) is 5.56 Å². The van der Waals surface area contributed by atoms with Gasteiger partial charge in [0.1, 0.15) is 5.75 Å². The highest BCUT2D eigenvalue weighted by atomic mass is 16.3. The summed E-state index contributed by atoms with van der Waals surface area (Å²) in [6.07, 6.45) is 4.05. The lowest BCUT2D eigenvalue weighted by atomic mass is 10.0. The molecule has 0 unspecified atom stereocenters. The van der Waals surface area contributed by atoms with E-state index in [2.05, 4.69) is 11.6 Å². The van der Waals surface area contributed by atoms with Gasteiger partial charge in [0, 0.05) is 33.3 Å². The molecule has 25 heavy (non-hydrogen) atoms. The van der Waals surface area contributed by atoms with Crippen LogP contribution in [0.1, 0.15) is 5.56 Å². The van der Waals surface area contributed by atoms with E-state index in [9.17, 15) is 9.90 Å². The molecular weight excluding hydrogens is 312 g/mol. The number of allylic oxidation sites excluding steroid dienone is 1. The van der Waals surface area contributed by atoms with Crippen molar-refractivity contribution in [3.8, 4) is 5.75 Å². The predicted molar refractivity (Wildman–Crippen MR) is 101 cm³/mol. The molecule has 0 amide bonds. The summed E-state index contributed by atoms with van der Waals surface area (Å²) in [6.45, 7) is 3.79. The molecule has 0 radical (unpaired) electrons. The summed E-state index contributed by atoms with van der Waals surface area (Å²) in [6, 6.07) is 12.9. The molecule has 4 nitrogen and oxygen atoms in total. The van der Waals surface area contributed by atoms with Crippen LogP contribution >= 0.6 is 0 Å². The van der Waals surface area contributed by atoms with Gasteiger partial charge in [-0.2, -0.15) is 0 Å². The first-order chi connectivity index (χ1) is 12.2. The van der Waals surface area contributed by atoms with Crippen LogP contribution in [-0.4, -0.2) is 14.5 Å². The Morgan fingerprint density at radius 3 is 2.68 bits per heavy atom. The summed E-state index contributed by atoms with van der Waals surface area (Å²) in [4.78, 5) is 17.7. The van der Waals surface area contributed by atoms with Crippen molar-refractivity contribution in [1.82, 2.24) is 9.38 Å². The van der Waals surface area contributed by atoms with Crippen molar-refractivity contribution in [2.24, 2.45) is 0 Å². The lowest BCUT2D eigenvalue weighted by Gasteiger charge is -2.05. The van der Waals surface area contributed by atoms with Gasteiger partial charge in [-0.15, -0.1) is 6.58 Å². The Morgan fingerprint density at radius 2 is 1.88 bits per heavy atom. The number of hydrogen-bond donors (Lipinski definition) is 1. The second-order valence-electron chi connectivity index (χ2n) is 6.19. The van der Waals surface area contributed by atoms with Gasteiger partial charge in [0.05, 0.1) is 16.6 Å². The number of rotatable bonds is 2. The van der Waals surface area contributed by atoms with E-state index in [0.29, 0.717) is 11.8 Å². The minimum Gasteiger partial charge on any atom is -0.508 e.